The summed E-state index contributed by atoms with van der Waals surface area (Å²) >= 11 is 0. The first-order valence-electron chi connectivity index (χ1n) is 7.75. The van der Waals surface area contributed by atoms with Gasteiger partial charge < -0.3 is 9.72 Å². The zero-order valence-corrected chi connectivity index (χ0v) is 13.8. The first-order chi connectivity index (χ1) is 12.2. The minimum atomic E-state index is -4.51. The predicted octanol–water partition coefficient (Wildman–Crippen LogP) is 3.69. The summed E-state index contributed by atoms with van der Waals surface area (Å²) in [5.74, 6) is 0.215. The van der Waals surface area contributed by atoms with Crippen molar-refractivity contribution in [2.75, 3.05) is 12.0 Å². The molecule has 7 nitrogen and oxygen atoms in total. The third-order valence-electron chi connectivity index (χ3n) is 4.28. The zero-order chi connectivity index (χ0) is 18.7. The van der Waals surface area contributed by atoms with Gasteiger partial charge in [-0.3, -0.25) is 5.43 Å². The molecule has 0 radical (unpaired) electrons. The number of halogens is 3. The lowest BCUT2D eigenvalue weighted by molar-refractivity contribution is -0.136. The highest BCUT2D eigenvalue weighted by Crippen LogP contribution is 2.38. The average molecular weight is 365 g/mol. The molecule has 1 fully saturated rings. The fraction of sp³-hybridized carbons (Fsp3) is 0.312. The van der Waals surface area contributed by atoms with Gasteiger partial charge in [-0.15, -0.1) is 0 Å². The number of para-hydroxylation sites is 1. The maximum absolute atomic E-state index is 13.3. The lowest BCUT2D eigenvalue weighted by Crippen LogP contribution is -2.45. The van der Waals surface area contributed by atoms with Crippen molar-refractivity contribution in [2.45, 2.75) is 25.6 Å². The Hall–Kier alpha value is -3.04. The summed E-state index contributed by atoms with van der Waals surface area (Å²) < 4.78 is 44.9. The number of alkyl halides is 3. The SMILES string of the molecule is CC1(C)COC(=O)N1Nc1ncnc2[nH]c3c(C(F)(F)F)cccc3c12. The van der Waals surface area contributed by atoms with E-state index in [9.17, 15) is 18.0 Å². The molecule has 1 saturated heterocycles. The van der Waals surface area contributed by atoms with Crippen molar-refractivity contribution >= 4 is 33.8 Å². The molecule has 10 heteroatoms. The second kappa shape index (κ2) is 5.23. The van der Waals surface area contributed by atoms with Gasteiger partial charge in [-0.2, -0.15) is 13.2 Å². The molecule has 136 valence electrons. The standard InChI is InChI=1S/C16H14F3N5O2/c1-15(2)6-26-14(25)24(15)23-13-10-8-4-3-5-9(16(17,18)19)11(8)22-12(10)20-7-21-13/h3-5,7H,6H2,1-2H3,(H2,20,21,22,23). The van der Waals surface area contributed by atoms with Crippen LogP contribution in [-0.4, -0.2) is 38.2 Å². The van der Waals surface area contributed by atoms with Crippen molar-refractivity contribution in [3.8, 4) is 0 Å². The minimum absolute atomic E-state index is 0.0817. The average Bonchev–Trinajstić information content (AvgIpc) is 3.06. The van der Waals surface area contributed by atoms with Gasteiger partial charge in [0.05, 0.1) is 22.0 Å². The lowest BCUT2D eigenvalue weighted by Gasteiger charge is -2.28. The zero-order valence-electron chi connectivity index (χ0n) is 13.8. The maximum atomic E-state index is 13.3. The molecular formula is C16H14F3N5O2. The van der Waals surface area contributed by atoms with E-state index in [1.165, 1.54) is 17.4 Å². The predicted molar refractivity (Wildman–Crippen MR) is 87.3 cm³/mol. The maximum Gasteiger partial charge on any atom is 0.429 e. The number of benzene rings is 1. The Morgan fingerprint density at radius 3 is 2.73 bits per heavy atom. The largest absolute Gasteiger partial charge is 0.446 e. The number of carbonyl (C=O) groups excluding carboxylic acids is 1. The van der Waals surface area contributed by atoms with Gasteiger partial charge in [-0.25, -0.2) is 19.8 Å². The minimum Gasteiger partial charge on any atom is -0.446 e. The van der Waals surface area contributed by atoms with Crippen LogP contribution in [0.25, 0.3) is 21.9 Å². The van der Waals surface area contributed by atoms with E-state index in [-0.39, 0.29) is 23.6 Å². The number of carbonyl (C=O) groups is 1. The second-order valence-electron chi connectivity index (χ2n) is 6.61. The number of anilines is 1. The van der Waals surface area contributed by atoms with Gasteiger partial charge in [-0.1, -0.05) is 12.1 Å². The summed E-state index contributed by atoms with van der Waals surface area (Å²) in [5.41, 5.74) is 1.59. The number of nitrogens with zero attached hydrogens (tertiary/aromatic N) is 3. The van der Waals surface area contributed by atoms with E-state index in [1.807, 2.05) is 0 Å². The second-order valence-corrected chi connectivity index (χ2v) is 6.61. The van der Waals surface area contributed by atoms with Crippen molar-refractivity contribution < 1.29 is 22.7 Å². The van der Waals surface area contributed by atoms with E-state index in [0.717, 1.165) is 6.07 Å². The number of hydrogen-bond acceptors (Lipinski definition) is 5. The summed E-state index contributed by atoms with van der Waals surface area (Å²) in [7, 11) is 0. The van der Waals surface area contributed by atoms with Crippen molar-refractivity contribution in [3.63, 3.8) is 0 Å². The van der Waals surface area contributed by atoms with Gasteiger partial charge in [0.25, 0.3) is 0 Å². The van der Waals surface area contributed by atoms with Crippen molar-refractivity contribution in [1.29, 1.82) is 0 Å². The van der Waals surface area contributed by atoms with Crippen LogP contribution >= 0.6 is 0 Å². The number of hydrazine groups is 1. The normalized spacial score (nSPS) is 17.1. The summed E-state index contributed by atoms with van der Waals surface area (Å²) in [6.07, 6.45) is -3.89. The molecule has 0 unspecified atom stereocenters. The van der Waals surface area contributed by atoms with Gasteiger partial charge in [0, 0.05) is 5.39 Å². The highest BCUT2D eigenvalue weighted by atomic mass is 19.4. The Balaban J connectivity index is 1.91. The smallest absolute Gasteiger partial charge is 0.429 e. The number of H-pyrrole nitrogens is 1. The highest BCUT2D eigenvalue weighted by Gasteiger charge is 2.41. The van der Waals surface area contributed by atoms with Gasteiger partial charge in [0.15, 0.2) is 5.82 Å². The molecule has 26 heavy (non-hydrogen) atoms. The van der Waals surface area contributed by atoms with Crippen LogP contribution in [0.5, 0.6) is 0 Å². The van der Waals surface area contributed by atoms with Crippen LogP contribution in [0.1, 0.15) is 19.4 Å². The molecule has 1 amide bonds. The van der Waals surface area contributed by atoms with E-state index in [0.29, 0.717) is 10.8 Å². The number of amides is 1. The van der Waals surface area contributed by atoms with Gasteiger partial charge in [-0.05, 0) is 19.9 Å². The molecule has 0 aliphatic carbocycles. The van der Waals surface area contributed by atoms with Gasteiger partial charge in [0.1, 0.15) is 18.6 Å². The monoisotopic (exact) mass is 365 g/mol. The molecule has 4 rings (SSSR count). The molecule has 0 spiro atoms. The lowest BCUT2D eigenvalue weighted by atomic mass is 10.1. The van der Waals surface area contributed by atoms with E-state index in [4.69, 9.17) is 4.74 Å². The van der Waals surface area contributed by atoms with Crippen LogP contribution in [0, 0.1) is 0 Å². The Bertz CT molecular complexity index is 1030. The van der Waals surface area contributed by atoms with Crippen LogP contribution in [0.15, 0.2) is 24.5 Å². The van der Waals surface area contributed by atoms with Gasteiger partial charge >= 0.3 is 12.3 Å². The van der Waals surface area contributed by atoms with E-state index in [1.54, 1.807) is 19.9 Å². The van der Waals surface area contributed by atoms with E-state index >= 15 is 0 Å². The Kier molecular flexibility index (Phi) is 3.30. The molecular weight excluding hydrogens is 351 g/mol. The molecule has 1 aromatic carbocycles. The molecule has 1 aliphatic rings. The van der Waals surface area contributed by atoms with E-state index in [2.05, 4.69) is 20.4 Å². The molecule has 3 heterocycles. The number of nitrogens with one attached hydrogen (secondary N) is 2. The number of fused-ring (bicyclic) bond motifs is 3. The summed E-state index contributed by atoms with van der Waals surface area (Å²) in [6, 6.07) is 3.87. The summed E-state index contributed by atoms with van der Waals surface area (Å²) in [6.45, 7) is 3.76. The number of hydrogen-bond donors (Lipinski definition) is 2. The topological polar surface area (TPSA) is 83.1 Å². The molecule has 2 N–H and O–H groups in total. The number of cyclic esters (lactones) is 1. The van der Waals surface area contributed by atoms with Crippen LogP contribution in [0.3, 0.4) is 0 Å². The van der Waals surface area contributed by atoms with Crippen LogP contribution in [0.2, 0.25) is 0 Å². The quantitative estimate of drug-likeness (QED) is 0.724. The van der Waals surface area contributed by atoms with Crippen LogP contribution in [-0.2, 0) is 10.9 Å². The molecule has 0 bridgehead atoms. The fourth-order valence-corrected chi connectivity index (χ4v) is 2.99. The number of rotatable bonds is 2. The summed E-state index contributed by atoms with van der Waals surface area (Å²) in [4.78, 5) is 22.8. The molecule has 0 saturated carbocycles. The molecule has 2 aromatic heterocycles. The Labute approximate surface area is 145 Å². The number of aromatic nitrogens is 3. The highest BCUT2D eigenvalue weighted by molar-refractivity contribution is 6.12. The van der Waals surface area contributed by atoms with Crippen molar-refractivity contribution in [2.24, 2.45) is 0 Å². The first kappa shape index (κ1) is 16.4. The van der Waals surface area contributed by atoms with Gasteiger partial charge in [0.2, 0.25) is 0 Å². The van der Waals surface area contributed by atoms with Crippen LogP contribution in [0.4, 0.5) is 23.8 Å². The Morgan fingerprint density at radius 1 is 1.31 bits per heavy atom. The van der Waals surface area contributed by atoms with Crippen molar-refractivity contribution in [3.05, 3.63) is 30.1 Å². The molecule has 0 atom stereocenters. The number of ether oxygens (including phenoxy) is 1. The number of aromatic amines is 1. The molecule has 1 aliphatic heterocycles. The molecule has 3 aromatic rings. The van der Waals surface area contributed by atoms with Crippen molar-refractivity contribution in [1.82, 2.24) is 20.0 Å². The third kappa shape index (κ3) is 2.40. The summed E-state index contributed by atoms with van der Waals surface area (Å²) in [5, 5.41) is 1.94. The van der Waals surface area contributed by atoms with Crippen LogP contribution < -0.4 is 5.43 Å². The van der Waals surface area contributed by atoms with E-state index < -0.39 is 23.4 Å². The first-order valence-corrected chi connectivity index (χ1v) is 7.75. The fourth-order valence-electron chi connectivity index (χ4n) is 2.99. The third-order valence-corrected chi connectivity index (χ3v) is 4.28. The Morgan fingerprint density at radius 2 is 2.08 bits per heavy atom.